The number of fused-ring (bicyclic) bond motifs is 2. The molecule has 0 amide bonds. The first-order valence-corrected chi connectivity index (χ1v) is 12.5. The Morgan fingerprint density at radius 1 is 1.06 bits per heavy atom. The lowest BCUT2D eigenvalue weighted by Gasteiger charge is -2.38. The van der Waals surface area contributed by atoms with Crippen LogP contribution in [-0.2, 0) is 33.1 Å². The monoisotopic (exact) mass is 483 g/mol. The van der Waals surface area contributed by atoms with Crippen LogP contribution in [0, 0.1) is 11.6 Å². The predicted molar refractivity (Wildman–Crippen MR) is 124 cm³/mol. The molecule has 1 fully saturated rings. The quantitative estimate of drug-likeness (QED) is 0.541. The summed E-state index contributed by atoms with van der Waals surface area (Å²) in [4.78, 5) is 12.5. The number of sulfonamides is 1. The maximum absolute atomic E-state index is 14.5. The molecule has 0 radical (unpaired) electrons. The summed E-state index contributed by atoms with van der Waals surface area (Å²) in [6.07, 6.45) is 3.00. The van der Waals surface area contributed by atoms with Crippen molar-refractivity contribution < 1.29 is 26.7 Å². The van der Waals surface area contributed by atoms with E-state index < -0.39 is 26.2 Å². The van der Waals surface area contributed by atoms with Gasteiger partial charge < -0.3 is 4.74 Å². The zero-order chi connectivity index (χ0) is 24.1. The molecule has 34 heavy (non-hydrogen) atoms. The first kappa shape index (κ1) is 22.5. The van der Waals surface area contributed by atoms with Crippen molar-refractivity contribution >= 4 is 21.5 Å². The molecule has 0 atom stereocenters. The summed E-state index contributed by atoms with van der Waals surface area (Å²) in [7, 11) is -2.88. The number of halogens is 2. The van der Waals surface area contributed by atoms with E-state index in [1.807, 2.05) is 0 Å². The Balaban J connectivity index is 1.57. The van der Waals surface area contributed by atoms with Gasteiger partial charge in [0.05, 0.1) is 12.5 Å². The molecule has 0 unspecified atom stereocenters. The molecule has 5 rings (SSSR count). The van der Waals surface area contributed by atoms with Gasteiger partial charge in [0.25, 0.3) is 10.0 Å². The zero-order valence-corrected chi connectivity index (χ0v) is 19.3. The minimum absolute atomic E-state index is 0.135. The van der Waals surface area contributed by atoms with Crippen LogP contribution in [0.3, 0.4) is 0 Å². The highest BCUT2D eigenvalue weighted by Gasteiger charge is 2.51. The molecular weight excluding hydrogens is 460 g/mol. The standard InChI is InChI=1S/C26H23F2NO4S/c1-33-20-6-7-24(23(28)14-20)34(31,32)29-19-12-17(10-16-4-2-5-18(27)11-16)21-15-25(30)26(8-3-9-26)22(21)13-19/h2,4-7,11-14,29H,3,8-10,15H2,1H3. The molecular formula is C26H23F2NO4S. The maximum atomic E-state index is 14.5. The lowest BCUT2D eigenvalue weighted by Crippen LogP contribution is -2.39. The van der Waals surface area contributed by atoms with Crippen LogP contribution in [0.1, 0.15) is 41.5 Å². The van der Waals surface area contributed by atoms with Crippen LogP contribution in [0.25, 0.3) is 0 Å². The summed E-state index contributed by atoms with van der Waals surface area (Å²) >= 11 is 0. The summed E-state index contributed by atoms with van der Waals surface area (Å²) < 4.78 is 61.8. The first-order valence-electron chi connectivity index (χ1n) is 11.0. The van der Waals surface area contributed by atoms with Gasteiger partial charge in [0.15, 0.2) is 0 Å². The zero-order valence-electron chi connectivity index (χ0n) is 18.5. The molecule has 8 heteroatoms. The average molecular weight is 484 g/mol. The minimum Gasteiger partial charge on any atom is -0.497 e. The molecule has 1 spiro atoms. The number of rotatable bonds is 6. The van der Waals surface area contributed by atoms with Gasteiger partial charge in [0, 0.05) is 18.2 Å². The van der Waals surface area contributed by atoms with Crippen LogP contribution < -0.4 is 9.46 Å². The number of nitrogens with one attached hydrogen (secondary N) is 1. The van der Waals surface area contributed by atoms with Gasteiger partial charge in [0.2, 0.25) is 0 Å². The van der Waals surface area contributed by atoms with Crippen molar-refractivity contribution in [3.63, 3.8) is 0 Å². The summed E-state index contributed by atoms with van der Waals surface area (Å²) in [6, 6.07) is 13.1. The number of hydrogen-bond donors (Lipinski definition) is 1. The van der Waals surface area contributed by atoms with E-state index in [1.165, 1.54) is 25.3 Å². The van der Waals surface area contributed by atoms with E-state index in [0.717, 1.165) is 48.1 Å². The Hall–Kier alpha value is -3.26. The van der Waals surface area contributed by atoms with Crippen molar-refractivity contribution in [2.24, 2.45) is 0 Å². The average Bonchev–Trinajstić information content (AvgIpc) is 3.05. The molecule has 3 aromatic carbocycles. The number of ether oxygens (including phenoxy) is 1. The summed E-state index contributed by atoms with van der Waals surface area (Å²) in [5.41, 5.74) is 2.84. The van der Waals surface area contributed by atoms with Crippen molar-refractivity contribution in [2.45, 2.75) is 42.4 Å². The number of methoxy groups -OCH3 is 1. The fourth-order valence-electron chi connectivity index (χ4n) is 5.05. The number of ketones is 1. The van der Waals surface area contributed by atoms with E-state index in [1.54, 1.807) is 24.3 Å². The maximum Gasteiger partial charge on any atom is 0.264 e. The highest BCUT2D eigenvalue weighted by Crippen LogP contribution is 2.52. The van der Waals surface area contributed by atoms with E-state index in [2.05, 4.69) is 4.72 Å². The predicted octanol–water partition coefficient (Wildman–Crippen LogP) is 4.91. The Morgan fingerprint density at radius 2 is 1.85 bits per heavy atom. The third kappa shape index (κ3) is 3.76. The van der Waals surface area contributed by atoms with Gasteiger partial charge in [-0.25, -0.2) is 17.2 Å². The smallest absolute Gasteiger partial charge is 0.264 e. The molecule has 5 nitrogen and oxygen atoms in total. The third-order valence-corrected chi connectivity index (χ3v) is 8.32. The highest BCUT2D eigenvalue weighted by molar-refractivity contribution is 7.92. The first-order chi connectivity index (χ1) is 16.2. The Morgan fingerprint density at radius 3 is 2.50 bits per heavy atom. The van der Waals surface area contributed by atoms with Crippen molar-refractivity contribution in [3.05, 3.63) is 88.5 Å². The number of carbonyl (C=O) groups is 1. The molecule has 0 heterocycles. The van der Waals surface area contributed by atoms with E-state index in [0.29, 0.717) is 12.0 Å². The molecule has 0 bridgehead atoms. The molecule has 0 aliphatic heterocycles. The van der Waals surface area contributed by atoms with E-state index >= 15 is 0 Å². The molecule has 2 aliphatic rings. The largest absolute Gasteiger partial charge is 0.497 e. The normalized spacial score (nSPS) is 16.3. The van der Waals surface area contributed by atoms with Crippen molar-refractivity contribution in [2.75, 3.05) is 11.8 Å². The third-order valence-electron chi connectivity index (χ3n) is 6.90. The number of anilines is 1. The minimum atomic E-state index is -4.25. The lowest BCUT2D eigenvalue weighted by atomic mass is 9.64. The van der Waals surface area contributed by atoms with Crippen molar-refractivity contribution in [1.82, 2.24) is 0 Å². The van der Waals surface area contributed by atoms with Gasteiger partial charge in [-0.15, -0.1) is 0 Å². The van der Waals surface area contributed by atoms with Crippen LogP contribution in [0.2, 0.25) is 0 Å². The van der Waals surface area contributed by atoms with Crippen LogP contribution in [-0.4, -0.2) is 21.3 Å². The Bertz CT molecular complexity index is 1410. The van der Waals surface area contributed by atoms with Crippen molar-refractivity contribution in [1.29, 1.82) is 0 Å². The number of carbonyl (C=O) groups excluding carboxylic acids is 1. The molecule has 0 aromatic heterocycles. The topological polar surface area (TPSA) is 72.5 Å². The van der Waals surface area contributed by atoms with Crippen LogP contribution in [0.5, 0.6) is 5.75 Å². The summed E-state index contributed by atoms with van der Waals surface area (Å²) in [6.45, 7) is 0. The van der Waals surface area contributed by atoms with Crippen molar-refractivity contribution in [3.8, 4) is 5.75 Å². The van der Waals surface area contributed by atoms with Gasteiger partial charge in [0.1, 0.15) is 28.1 Å². The number of hydrogen-bond acceptors (Lipinski definition) is 4. The second kappa shape index (κ2) is 8.20. The van der Waals surface area contributed by atoms with Crippen LogP contribution in [0.4, 0.5) is 14.5 Å². The second-order valence-electron chi connectivity index (χ2n) is 8.91. The van der Waals surface area contributed by atoms with Gasteiger partial charge >= 0.3 is 0 Å². The fourth-order valence-corrected chi connectivity index (χ4v) is 6.15. The molecule has 3 aromatic rings. The van der Waals surface area contributed by atoms with Gasteiger partial charge in [-0.2, -0.15) is 0 Å². The summed E-state index contributed by atoms with van der Waals surface area (Å²) in [5, 5.41) is 0. The van der Waals surface area contributed by atoms with Gasteiger partial charge in [-0.05, 0) is 77.9 Å². The molecule has 2 aliphatic carbocycles. The van der Waals surface area contributed by atoms with E-state index in [9.17, 15) is 22.0 Å². The summed E-state index contributed by atoms with van der Waals surface area (Å²) in [5.74, 6) is -0.960. The molecule has 1 saturated carbocycles. The highest BCUT2D eigenvalue weighted by atomic mass is 32.2. The number of Topliss-reactive ketones (excluding diaryl/α,β-unsaturated/α-hetero) is 1. The SMILES string of the molecule is COc1ccc(S(=O)(=O)Nc2cc(Cc3cccc(F)c3)c3c(c2)C2(CCC2)C(=O)C3)c(F)c1. The second-order valence-corrected chi connectivity index (χ2v) is 10.6. The van der Waals surface area contributed by atoms with Crippen LogP contribution in [0.15, 0.2) is 59.5 Å². The van der Waals surface area contributed by atoms with E-state index in [-0.39, 0.29) is 29.5 Å². The molecule has 1 N–H and O–H groups in total. The number of benzene rings is 3. The lowest BCUT2D eigenvalue weighted by molar-refractivity contribution is -0.125. The van der Waals surface area contributed by atoms with Gasteiger partial charge in [-0.1, -0.05) is 18.6 Å². The van der Waals surface area contributed by atoms with Gasteiger partial charge in [-0.3, -0.25) is 9.52 Å². The Labute approximate surface area is 196 Å². The molecule has 0 saturated heterocycles. The van der Waals surface area contributed by atoms with E-state index in [4.69, 9.17) is 4.74 Å². The van der Waals surface area contributed by atoms with Crippen LogP contribution >= 0.6 is 0 Å². The fraction of sp³-hybridized carbons (Fsp3) is 0.269. The Kier molecular flexibility index (Phi) is 5.43. The molecule has 176 valence electrons.